The highest BCUT2D eigenvalue weighted by Gasteiger charge is 2.09. The Morgan fingerprint density at radius 2 is 1.79 bits per heavy atom. The lowest BCUT2D eigenvalue weighted by Gasteiger charge is -2.26. The Bertz CT molecular complexity index is 252. The van der Waals surface area contributed by atoms with E-state index in [1.54, 1.807) is 0 Å². The summed E-state index contributed by atoms with van der Waals surface area (Å²) in [6, 6.07) is 10.7. The van der Waals surface area contributed by atoms with Gasteiger partial charge in [0.15, 0.2) is 0 Å². The zero-order valence-corrected chi connectivity index (χ0v) is 8.52. The monoisotopic (exact) mass is 189 g/mol. The fourth-order valence-electron chi connectivity index (χ4n) is 1.80. The van der Waals surface area contributed by atoms with E-state index in [9.17, 15) is 0 Å². The van der Waals surface area contributed by atoms with Crippen LogP contribution in [0, 0.1) is 0 Å². The second-order valence-electron chi connectivity index (χ2n) is 3.75. The summed E-state index contributed by atoms with van der Waals surface area (Å²) in [5.74, 6) is 0. The van der Waals surface area contributed by atoms with Crippen molar-refractivity contribution < 1.29 is 0 Å². The Kier molecular flexibility index (Phi) is 3.55. The normalized spacial score (nSPS) is 18.3. The Hall–Kier alpha value is -0.860. The van der Waals surface area contributed by atoms with Crippen molar-refractivity contribution in [1.29, 1.82) is 0 Å². The Morgan fingerprint density at radius 3 is 2.50 bits per heavy atom. The first kappa shape index (κ1) is 9.69. The van der Waals surface area contributed by atoms with E-state index in [2.05, 4.69) is 40.5 Å². The van der Waals surface area contributed by atoms with Crippen molar-refractivity contribution in [2.24, 2.45) is 0 Å². The number of piperazine rings is 1. The Morgan fingerprint density at radius 1 is 1.07 bits per heavy atom. The molecule has 0 amide bonds. The molecule has 1 aromatic carbocycles. The van der Waals surface area contributed by atoms with Crippen molar-refractivity contribution in [1.82, 2.24) is 10.2 Å². The van der Waals surface area contributed by atoms with Gasteiger partial charge in [-0.05, 0) is 12.0 Å². The van der Waals surface area contributed by atoms with Gasteiger partial charge in [0.05, 0.1) is 0 Å². The molecular weight excluding hydrogens is 172 g/mol. The van der Waals surface area contributed by atoms with Gasteiger partial charge in [0.1, 0.15) is 0 Å². The Labute approximate surface area is 85.9 Å². The fraction of sp³-hybridized carbons (Fsp3) is 0.500. The number of hydrogen-bond acceptors (Lipinski definition) is 1. The van der Waals surface area contributed by atoms with Gasteiger partial charge in [-0.1, -0.05) is 30.3 Å². The van der Waals surface area contributed by atoms with E-state index in [1.807, 2.05) is 0 Å². The molecular formula is C12H17N2. The van der Waals surface area contributed by atoms with E-state index in [-0.39, 0.29) is 0 Å². The molecule has 1 fully saturated rings. The zero-order valence-electron chi connectivity index (χ0n) is 8.52. The van der Waals surface area contributed by atoms with Crippen LogP contribution in [-0.2, 0) is 6.42 Å². The lowest BCUT2D eigenvalue weighted by atomic mass is 10.1. The summed E-state index contributed by atoms with van der Waals surface area (Å²) < 4.78 is 0. The smallest absolute Gasteiger partial charge is 0.0261 e. The molecule has 0 N–H and O–H groups in total. The Balaban J connectivity index is 1.76. The molecule has 1 aromatic rings. The summed E-state index contributed by atoms with van der Waals surface area (Å²) in [5.41, 5.74) is 1.44. The van der Waals surface area contributed by atoms with Crippen LogP contribution in [0.15, 0.2) is 30.3 Å². The molecule has 1 saturated heterocycles. The highest BCUT2D eigenvalue weighted by Crippen LogP contribution is 2.02. The van der Waals surface area contributed by atoms with Gasteiger partial charge in [0.25, 0.3) is 0 Å². The quantitative estimate of drug-likeness (QED) is 0.697. The molecule has 0 bridgehead atoms. The molecule has 1 heterocycles. The first-order valence-electron chi connectivity index (χ1n) is 5.35. The molecule has 2 heteroatoms. The highest BCUT2D eigenvalue weighted by atomic mass is 15.2. The molecule has 0 aliphatic carbocycles. The summed E-state index contributed by atoms with van der Waals surface area (Å²) in [6.07, 6.45) is 1.17. The van der Waals surface area contributed by atoms with Gasteiger partial charge >= 0.3 is 0 Å². The minimum atomic E-state index is 1.02. The molecule has 0 saturated carbocycles. The van der Waals surface area contributed by atoms with Gasteiger partial charge in [-0.2, -0.15) is 0 Å². The maximum atomic E-state index is 4.34. The van der Waals surface area contributed by atoms with Crippen molar-refractivity contribution in [3.63, 3.8) is 0 Å². The maximum Gasteiger partial charge on any atom is 0.0261 e. The number of benzene rings is 1. The van der Waals surface area contributed by atoms with Crippen molar-refractivity contribution in [3.05, 3.63) is 35.9 Å². The van der Waals surface area contributed by atoms with Gasteiger partial charge in [-0.15, -0.1) is 0 Å². The van der Waals surface area contributed by atoms with Crippen molar-refractivity contribution in [2.45, 2.75) is 6.42 Å². The third kappa shape index (κ3) is 2.82. The predicted octanol–water partition coefficient (Wildman–Crippen LogP) is 1.15. The zero-order chi connectivity index (χ0) is 9.64. The molecule has 0 unspecified atom stereocenters. The lowest BCUT2D eigenvalue weighted by Crippen LogP contribution is -2.41. The molecule has 1 radical (unpaired) electrons. The van der Waals surface area contributed by atoms with E-state index in [1.165, 1.54) is 18.5 Å². The summed E-state index contributed by atoms with van der Waals surface area (Å²) >= 11 is 0. The van der Waals surface area contributed by atoms with E-state index in [0.717, 1.165) is 26.2 Å². The molecule has 0 atom stereocenters. The van der Waals surface area contributed by atoms with Crippen LogP contribution < -0.4 is 5.32 Å². The van der Waals surface area contributed by atoms with Gasteiger partial charge in [0, 0.05) is 32.7 Å². The van der Waals surface area contributed by atoms with E-state index in [4.69, 9.17) is 0 Å². The van der Waals surface area contributed by atoms with Crippen molar-refractivity contribution in [3.8, 4) is 0 Å². The van der Waals surface area contributed by atoms with Crippen LogP contribution in [-0.4, -0.2) is 37.6 Å². The SMILES string of the molecule is c1ccc(CCN2CC[N]CC2)cc1. The van der Waals surface area contributed by atoms with Crippen LogP contribution >= 0.6 is 0 Å². The number of rotatable bonds is 3. The third-order valence-corrected chi connectivity index (χ3v) is 2.71. The van der Waals surface area contributed by atoms with Gasteiger partial charge in [0.2, 0.25) is 0 Å². The molecule has 1 aliphatic heterocycles. The third-order valence-electron chi connectivity index (χ3n) is 2.71. The van der Waals surface area contributed by atoms with Gasteiger partial charge < -0.3 is 4.90 Å². The summed E-state index contributed by atoms with van der Waals surface area (Å²) in [6.45, 7) is 5.52. The van der Waals surface area contributed by atoms with Crippen molar-refractivity contribution in [2.75, 3.05) is 32.7 Å². The molecule has 2 rings (SSSR count). The molecule has 2 nitrogen and oxygen atoms in total. The minimum absolute atomic E-state index is 1.02. The van der Waals surface area contributed by atoms with Crippen LogP contribution in [0.2, 0.25) is 0 Å². The van der Waals surface area contributed by atoms with Gasteiger partial charge in [-0.3, -0.25) is 0 Å². The first-order chi connectivity index (χ1) is 6.95. The molecule has 0 aromatic heterocycles. The summed E-state index contributed by atoms with van der Waals surface area (Å²) in [7, 11) is 0. The largest absolute Gasteiger partial charge is 0.300 e. The standard InChI is InChI=1S/C12H17N2/c1-2-4-12(5-3-1)6-9-14-10-7-13-8-11-14/h1-5H,6-11H2. The summed E-state index contributed by atoms with van der Waals surface area (Å²) in [5, 5.41) is 4.34. The van der Waals surface area contributed by atoms with Crippen LogP contribution in [0.1, 0.15) is 5.56 Å². The maximum absolute atomic E-state index is 4.34. The van der Waals surface area contributed by atoms with E-state index < -0.39 is 0 Å². The average molecular weight is 189 g/mol. The average Bonchev–Trinajstić information content (AvgIpc) is 2.29. The van der Waals surface area contributed by atoms with Gasteiger partial charge in [-0.25, -0.2) is 5.32 Å². The number of nitrogens with zero attached hydrogens (tertiary/aromatic N) is 2. The van der Waals surface area contributed by atoms with Crippen LogP contribution in [0.3, 0.4) is 0 Å². The van der Waals surface area contributed by atoms with Crippen LogP contribution in [0.5, 0.6) is 0 Å². The van der Waals surface area contributed by atoms with Crippen LogP contribution in [0.4, 0.5) is 0 Å². The summed E-state index contributed by atoms with van der Waals surface area (Å²) in [4.78, 5) is 2.50. The molecule has 75 valence electrons. The predicted molar refractivity (Wildman–Crippen MR) is 58.5 cm³/mol. The van der Waals surface area contributed by atoms with Crippen LogP contribution in [0.25, 0.3) is 0 Å². The minimum Gasteiger partial charge on any atom is -0.300 e. The molecule has 0 spiro atoms. The number of hydrogen-bond donors (Lipinski definition) is 0. The molecule has 14 heavy (non-hydrogen) atoms. The lowest BCUT2D eigenvalue weighted by molar-refractivity contribution is 0.241. The molecule has 1 aliphatic rings. The van der Waals surface area contributed by atoms with E-state index in [0.29, 0.717) is 0 Å². The van der Waals surface area contributed by atoms with E-state index >= 15 is 0 Å². The second-order valence-corrected chi connectivity index (χ2v) is 3.75. The second kappa shape index (κ2) is 5.13. The fourth-order valence-corrected chi connectivity index (χ4v) is 1.80. The van der Waals surface area contributed by atoms with Crippen molar-refractivity contribution >= 4 is 0 Å². The first-order valence-corrected chi connectivity index (χ1v) is 5.35. The highest BCUT2D eigenvalue weighted by molar-refractivity contribution is 5.14. The topological polar surface area (TPSA) is 17.3 Å².